The number of carboxylic acid groups (broad SMARTS) is 1. The first-order valence-electron chi connectivity index (χ1n) is 7.01. The monoisotopic (exact) mass is 317 g/mol. The number of hydrogen-bond donors (Lipinski definition) is 2. The third-order valence-corrected chi connectivity index (χ3v) is 5.50. The standard InChI is InChI=1S/C14H23NO5S/c1-6-11(7-2)8(3)15-21(18,19)13-10(5)20-9(4)12(13)14(16)17/h8,11,15H,6-7H2,1-5H3,(H,16,17). The molecule has 1 unspecified atom stereocenters. The van der Waals surface area contributed by atoms with Crippen LogP contribution in [-0.4, -0.2) is 25.5 Å². The van der Waals surface area contributed by atoms with Gasteiger partial charge in [0, 0.05) is 6.04 Å². The lowest BCUT2D eigenvalue weighted by Crippen LogP contribution is -2.38. The van der Waals surface area contributed by atoms with Gasteiger partial charge in [-0.1, -0.05) is 26.7 Å². The molecular formula is C14H23NO5S. The molecule has 1 aromatic heterocycles. The van der Waals surface area contributed by atoms with Crippen LogP contribution in [0, 0.1) is 19.8 Å². The molecule has 0 fully saturated rings. The van der Waals surface area contributed by atoms with Gasteiger partial charge in [-0.25, -0.2) is 17.9 Å². The Hall–Kier alpha value is -1.34. The smallest absolute Gasteiger partial charge is 0.340 e. The molecule has 7 heteroatoms. The fourth-order valence-electron chi connectivity index (χ4n) is 2.63. The van der Waals surface area contributed by atoms with Crippen molar-refractivity contribution in [2.24, 2.45) is 5.92 Å². The fourth-order valence-corrected chi connectivity index (χ4v) is 4.35. The lowest BCUT2D eigenvalue weighted by Gasteiger charge is -2.22. The Morgan fingerprint density at radius 3 is 2.19 bits per heavy atom. The highest BCUT2D eigenvalue weighted by Crippen LogP contribution is 2.27. The van der Waals surface area contributed by atoms with E-state index in [-0.39, 0.29) is 33.9 Å². The van der Waals surface area contributed by atoms with Crippen molar-refractivity contribution in [3.8, 4) is 0 Å². The average Bonchev–Trinajstić information content (AvgIpc) is 2.65. The van der Waals surface area contributed by atoms with E-state index in [2.05, 4.69) is 4.72 Å². The van der Waals surface area contributed by atoms with Crippen LogP contribution < -0.4 is 4.72 Å². The van der Waals surface area contributed by atoms with E-state index in [9.17, 15) is 18.3 Å². The predicted molar refractivity (Wildman–Crippen MR) is 79.0 cm³/mol. The van der Waals surface area contributed by atoms with E-state index in [0.717, 1.165) is 12.8 Å². The summed E-state index contributed by atoms with van der Waals surface area (Å²) in [6, 6.07) is -0.277. The Kier molecular flexibility index (Phi) is 5.58. The number of carboxylic acids is 1. The molecule has 1 atom stereocenters. The second-order valence-corrected chi connectivity index (χ2v) is 6.86. The molecule has 0 saturated carbocycles. The molecule has 0 bridgehead atoms. The van der Waals surface area contributed by atoms with Gasteiger partial charge in [0.2, 0.25) is 10.0 Å². The van der Waals surface area contributed by atoms with Gasteiger partial charge in [-0.15, -0.1) is 0 Å². The van der Waals surface area contributed by atoms with E-state index in [0.29, 0.717) is 0 Å². The molecule has 0 aromatic carbocycles. The Morgan fingerprint density at radius 2 is 1.76 bits per heavy atom. The van der Waals surface area contributed by atoms with Crippen molar-refractivity contribution in [3.63, 3.8) is 0 Å². The number of nitrogens with one attached hydrogen (secondary N) is 1. The van der Waals surface area contributed by atoms with Crippen LogP contribution in [0.1, 0.15) is 55.5 Å². The van der Waals surface area contributed by atoms with Gasteiger partial charge in [0.05, 0.1) is 0 Å². The highest BCUT2D eigenvalue weighted by Gasteiger charge is 2.32. The largest absolute Gasteiger partial charge is 0.478 e. The number of carbonyl (C=O) groups is 1. The minimum atomic E-state index is -3.93. The first-order chi connectivity index (χ1) is 9.65. The maximum Gasteiger partial charge on any atom is 0.340 e. The predicted octanol–water partition coefficient (Wildman–Crippen LogP) is 2.70. The second kappa shape index (κ2) is 6.62. The lowest BCUT2D eigenvalue weighted by atomic mass is 9.96. The van der Waals surface area contributed by atoms with Crippen LogP contribution in [0.5, 0.6) is 0 Å². The fraction of sp³-hybridized carbons (Fsp3) is 0.643. The molecule has 120 valence electrons. The highest BCUT2D eigenvalue weighted by atomic mass is 32.2. The van der Waals surface area contributed by atoms with E-state index < -0.39 is 16.0 Å². The molecule has 1 heterocycles. The minimum Gasteiger partial charge on any atom is -0.478 e. The van der Waals surface area contributed by atoms with Gasteiger partial charge in [-0.2, -0.15) is 0 Å². The van der Waals surface area contributed by atoms with Crippen molar-refractivity contribution >= 4 is 16.0 Å². The van der Waals surface area contributed by atoms with Crippen molar-refractivity contribution in [1.82, 2.24) is 4.72 Å². The Morgan fingerprint density at radius 1 is 1.24 bits per heavy atom. The Bertz CT molecular complexity index is 614. The summed E-state index contributed by atoms with van der Waals surface area (Å²) in [6.07, 6.45) is 1.69. The summed E-state index contributed by atoms with van der Waals surface area (Å²) in [6.45, 7) is 8.68. The molecule has 6 nitrogen and oxygen atoms in total. The number of aromatic carboxylic acids is 1. The normalized spacial score (nSPS) is 13.6. The topological polar surface area (TPSA) is 96.6 Å². The SMILES string of the molecule is CCC(CC)C(C)NS(=O)(=O)c1c(C)oc(C)c1C(=O)O. The maximum absolute atomic E-state index is 12.5. The highest BCUT2D eigenvalue weighted by molar-refractivity contribution is 7.89. The summed E-state index contributed by atoms with van der Waals surface area (Å²) < 4.78 is 32.8. The zero-order chi connectivity index (χ0) is 16.4. The molecular weight excluding hydrogens is 294 g/mol. The van der Waals surface area contributed by atoms with Crippen LogP contribution in [0.4, 0.5) is 0 Å². The van der Waals surface area contributed by atoms with Crippen LogP contribution in [0.15, 0.2) is 9.31 Å². The van der Waals surface area contributed by atoms with Crippen molar-refractivity contribution in [2.75, 3.05) is 0 Å². The van der Waals surface area contributed by atoms with Gasteiger partial charge in [0.25, 0.3) is 0 Å². The van der Waals surface area contributed by atoms with Crippen LogP contribution >= 0.6 is 0 Å². The van der Waals surface area contributed by atoms with E-state index in [1.807, 2.05) is 13.8 Å². The third kappa shape index (κ3) is 3.65. The van der Waals surface area contributed by atoms with Crippen molar-refractivity contribution in [1.29, 1.82) is 0 Å². The molecule has 0 amide bonds. The molecule has 0 saturated heterocycles. The zero-order valence-electron chi connectivity index (χ0n) is 13.1. The van der Waals surface area contributed by atoms with Gasteiger partial charge in [-0.05, 0) is 26.7 Å². The summed E-state index contributed by atoms with van der Waals surface area (Å²) in [5, 5.41) is 9.21. The van der Waals surface area contributed by atoms with Gasteiger partial charge in [0.15, 0.2) is 0 Å². The molecule has 0 aliphatic carbocycles. The van der Waals surface area contributed by atoms with E-state index in [1.54, 1.807) is 6.92 Å². The molecule has 0 aliphatic rings. The third-order valence-electron chi connectivity index (χ3n) is 3.78. The number of hydrogen-bond acceptors (Lipinski definition) is 4. The molecule has 2 N–H and O–H groups in total. The van der Waals surface area contributed by atoms with Crippen molar-refractivity contribution in [3.05, 3.63) is 17.1 Å². The van der Waals surface area contributed by atoms with E-state index in [4.69, 9.17) is 4.42 Å². The summed E-state index contributed by atoms with van der Waals surface area (Å²) in [5.41, 5.74) is -0.295. The van der Waals surface area contributed by atoms with Crippen LogP contribution in [0.2, 0.25) is 0 Å². The van der Waals surface area contributed by atoms with Gasteiger partial charge in [-0.3, -0.25) is 0 Å². The van der Waals surface area contributed by atoms with Crippen molar-refractivity contribution < 1.29 is 22.7 Å². The number of rotatable bonds is 7. The minimum absolute atomic E-state index is 0.0918. The molecule has 1 aromatic rings. The Labute approximate surface area is 125 Å². The number of furan rings is 1. The Balaban J connectivity index is 3.24. The van der Waals surface area contributed by atoms with Crippen LogP contribution in [0.25, 0.3) is 0 Å². The number of sulfonamides is 1. The molecule has 0 spiro atoms. The lowest BCUT2D eigenvalue weighted by molar-refractivity contribution is 0.0691. The first kappa shape index (κ1) is 17.7. The van der Waals surface area contributed by atoms with Gasteiger partial charge >= 0.3 is 5.97 Å². The van der Waals surface area contributed by atoms with Crippen molar-refractivity contribution in [2.45, 2.75) is 58.4 Å². The molecule has 21 heavy (non-hydrogen) atoms. The van der Waals surface area contributed by atoms with Gasteiger partial charge in [0.1, 0.15) is 22.0 Å². The number of aryl methyl sites for hydroxylation is 2. The van der Waals surface area contributed by atoms with Crippen LogP contribution in [0.3, 0.4) is 0 Å². The van der Waals surface area contributed by atoms with E-state index >= 15 is 0 Å². The molecule has 1 rings (SSSR count). The first-order valence-corrected chi connectivity index (χ1v) is 8.49. The summed E-state index contributed by atoms with van der Waals surface area (Å²) in [7, 11) is -3.93. The molecule has 0 aliphatic heterocycles. The quantitative estimate of drug-likeness (QED) is 0.806. The summed E-state index contributed by atoms with van der Waals surface area (Å²) in [4.78, 5) is 11.0. The second-order valence-electron chi connectivity index (χ2n) is 5.21. The molecule has 0 radical (unpaired) electrons. The summed E-state index contributed by atoms with van der Waals surface area (Å²) in [5.74, 6) is -0.925. The summed E-state index contributed by atoms with van der Waals surface area (Å²) >= 11 is 0. The van der Waals surface area contributed by atoms with Crippen LogP contribution in [-0.2, 0) is 10.0 Å². The van der Waals surface area contributed by atoms with Gasteiger partial charge < -0.3 is 9.52 Å². The van der Waals surface area contributed by atoms with E-state index in [1.165, 1.54) is 13.8 Å². The maximum atomic E-state index is 12.5. The average molecular weight is 317 g/mol. The zero-order valence-corrected chi connectivity index (χ0v) is 13.9.